The highest BCUT2D eigenvalue weighted by Crippen LogP contribution is 2.67. The van der Waals surface area contributed by atoms with Gasteiger partial charge in [-0.1, -0.05) is 72.0 Å². The number of rotatable bonds is 13. The van der Waals surface area contributed by atoms with Gasteiger partial charge in [-0.05, 0) is 104 Å². The van der Waals surface area contributed by atoms with Gasteiger partial charge in [-0.3, -0.25) is 14.4 Å². The molecule has 3 saturated carbocycles. The van der Waals surface area contributed by atoms with Crippen LogP contribution in [0.5, 0.6) is 0 Å². The van der Waals surface area contributed by atoms with Gasteiger partial charge >= 0.3 is 12.1 Å². The highest BCUT2D eigenvalue weighted by atomic mass is 16.6. The van der Waals surface area contributed by atoms with Gasteiger partial charge in [-0.2, -0.15) is 0 Å². The molecule has 0 aromatic carbocycles. The van der Waals surface area contributed by atoms with Gasteiger partial charge in [0.25, 0.3) is 0 Å². The first-order valence-corrected chi connectivity index (χ1v) is 19.0. The lowest BCUT2D eigenvalue weighted by atomic mass is 9.47. The average Bonchev–Trinajstić information content (AvgIpc) is 3.58. The minimum Gasteiger partial charge on any atom is -0.481 e. The second-order valence-electron chi connectivity index (χ2n) is 16.9. The van der Waals surface area contributed by atoms with Crippen LogP contribution < -0.4 is 5.32 Å². The molecule has 47 heavy (non-hydrogen) atoms. The second kappa shape index (κ2) is 15.0. The minimum absolute atomic E-state index is 0.0304. The molecule has 4 fully saturated rings. The third kappa shape index (κ3) is 7.77. The zero-order valence-corrected chi connectivity index (χ0v) is 29.9. The molecule has 8 heteroatoms. The fourth-order valence-electron chi connectivity index (χ4n) is 11.0. The van der Waals surface area contributed by atoms with E-state index >= 15 is 0 Å². The largest absolute Gasteiger partial charge is 0.481 e. The topological polar surface area (TPSA) is 113 Å². The smallest absolute Gasteiger partial charge is 0.407 e. The summed E-state index contributed by atoms with van der Waals surface area (Å²) in [6.45, 7) is 12.8. The van der Waals surface area contributed by atoms with Crippen molar-refractivity contribution in [3.63, 3.8) is 0 Å². The number of alkyl carbamates (subject to hydrolysis) is 1. The molecule has 1 saturated heterocycles. The third-order valence-corrected chi connectivity index (χ3v) is 13.7. The number of ketones is 1. The van der Waals surface area contributed by atoms with E-state index in [-0.39, 0.29) is 43.0 Å². The molecule has 2 amide bonds. The monoisotopic (exact) mass is 654 g/mol. The highest BCUT2D eigenvalue weighted by molar-refractivity contribution is 6.03. The van der Waals surface area contributed by atoms with E-state index in [4.69, 9.17) is 9.84 Å². The molecule has 0 spiro atoms. The van der Waals surface area contributed by atoms with E-state index in [1.165, 1.54) is 61.8 Å². The van der Waals surface area contributed by atoms with E-state index in [0.29, 0.717) is 18.4 Å². The summed E-state index contributed by atoms with van der Waals surface area (Å²) < 4.78 is 5.91. The Hall–Kier alpha value is -2.38. The maximum Gasteiger partial charge on any atom is 0.407 e. The lowest BCUT2D eigenvalue weighted by Gasteiger charge is -2.58. The molecular weight excluding hydrogens is 592 g/mol. The summed E-state index contributed by atoms with van der Waals surface area (Å²) in [5.74, 6) is 2.05. The van der Waals surface area contributed by atoms with Gasteiger partial charge in [0.15, 0.2) is 5.78 Å². The number of carboxylic acid groups (broad SMARTS) is 1. The number of allylic oxidation sites excluding steroid dienone is 1. The number of hydrogen-bond donors (Lipinski definition) is 2. The van der Waals surface area contributed by atoms with Crippen molar-refractivity contribution in [3.8, 4) is 0 Å². The first-order valence-electron chi connectivity index (χ1n) is 19.0. The highest BCUT2D eigenvalue weighted by Gasteiger charge is 2.59. The number of Topliss-reactive ketones (excluding diaryl/α,β-unsaturated/α-hetero) is 1. The number of amides is 2. The summed E-state index contributed by atoms with van der Waals surface area (Å²) in [6.07, 6.45) is 18.3. The van der Waals surface area contributed by atoms with Gasteiger partial charge in [0.05, 0.1) is 6.54 Å². The van der Waals surface area contributed by atoms with Crippen LogP contribution in [0, 0.1) is 52.3 Å². The molecule has 2 N–H and O–H groups in total. The Labute approximate surface area is 283 Å². The predicted molar refractivity (Wildman–Crippen MR) is 182 cm³/mol. The SMILES string of the molecule is CC(C)CCCC(C)[C@H]1CCC2C3CC=C4C[C@@H](OC(=O)NCCCCCC(=O)N5CC(=O)C(C(=O)O)C5)CC[C@]4(C)C3CC[C@@]21C. The number of ether oxygens (including phenoxy) is 1. The van der Waals surface area contributed by atoms with Gasteiger partial charge < -0.3 is 20.1 Å². The third-order valence-electron chi connectivity index (χ3n) is 13.7. The van der Waals surface area contributed by atoms with Crippen molar-refractivity contribution in [2.75, 3.05) is 19.6 Å². The van der Waals surface area contributed by atoms with Crippen molar-refractivity contribution in [2.45, 2.75) is 137 Å². The van der Waals surface area contributed by atoms with Crippen LogP contribution in [0.15, 0.2) is 11.6 Å². The number of carboxylic acids is 1. The standard InChI is InChI=1S/C39H62N2O6/c1-25(2)10-9-11-26(3)31-15-16-32-29-14-13-27-22-28(17-19-38(27,4)33(29)18-20-39(31,32)5)47-37(46)40-21-8-6-7-12-35(43)41-23-30(36(44)45)34(42)24-41/h13,25-26,28-33H,6-12,14-24H2,1-5H3,(H,40,46)(H,44,45)/t26?,28-,29?,30?,31+,32?,33?,38-,39+/m0/s1. The zero-order chi connectivity index (χ0) is 33.9. The molecule has 1 aliphatic heterocycles. The zero-order valence-electron chi connectivity index (χ0n) is 29.9. The lowest BCUT2D eigenvalue weighted by Crippen LogP contribution is -2.51. The average molecular weight is 655 g/mol. The summed E-state index contributed by atoms with van der Waals surface area (Å²) in [4.78, 5) is 49.3. The summed E-state index contributed by atoms with van der Waals surface area (Å²) in [7, 11) is 0. The van der Waals surface area contributed by atoms with Crippen LogP contribution >= 0.6 is 0 Å². The van der Waals surface area contributed by atoms with Gasteiger partial charge in [0, 0.05) is 25.9 Å². The normalized spacial score (nSPS) is 35.5. The Morgan fingerprint density at radius 1 is 1.00 bits per heavy atom. The van der Waals surface area contributed by atoms with Crippen molar-refractivity contribution in [1.29, 1.82) is 0 Å². The molecule has 0 aromatic heterocycles. The van der Waals surface area contributed by atoms with Gasteiger partial charge in [-0.15, -0.1) is 0 Å². The van der Waals surface area contributed by atoms with E-state index in [1.807, 2.05) is 0 Å². The number of carbonyl (C=O) groups is 4. The Kier molecular flexibility index (Phi) is 11.5. The number of hydrogen-bond acceptors (Lipinski definition) is 5. The molecule has 9 atom stereocenters. The fraction of sp³-hybridized carbons (Fsp3) is 0.846. The first-order chi connectivity index (χ1) is 22.3. The summed E-state index contributed by atoms with van der Waals surface area (Å²) in [6, 6.07) is 0. The van der Waals surface area contributed by atoms with Crippen molar-refractivity contribution < 1.29 is 29.0 Å². The summed E-state index contributed by atoms with van der Waals surface area (Å²) in [5, 5.41) is 12.0. The molecule has 0 bridgehead atoms. The number of fused-ring (bicyclic) bond motifs is 5. The van der Waals surface area contributed by atoms with E-state index < -0.39 is 17.7 Å². The maximum atomic E-state index is 12.7. The Morgan fingerprint density at radius 2 is 1.79 bits per heavy atom. The molecule has 264 valence electrons. The fourth-order valence-corrected chi connectivity index (χ4v) is 11.0. The molecule has 5 aliphatic rings. The Bertz CT molecular complexity index is 1200. The molecule has 8 nitrogen and oxygen atoms in total. The number of unbranched alkanes of at least 4 members (excludes halogenated alkanes) is 2. The number of nitrogens with one attached hydrogen (secondary N) is 1. The molecule has 0 radical (unpaired) electrons. The number of aliphatic carboxylic acids is 1. The molecule has 4 aliphatic carbocycles. The molecule has 5 rings (SSSR count). The van der Waals surface area contributed by atoms with Gasteiger partial charge in [0.1, 0.15) is 12.0 Å². The van der Waals surface area contributed by atoms with Crippen LogP contribution in [0.4, 0.5) is 4.79 Å². The maximum absolute atomic E-state index is 12.7. The quantitative estimate of drug-likeness (QED) is 0.119. The molecule has 1 heterocycles. The van der Waals surface area contributed by atoms with Gasteiger partial charge in [-0.25, -0.2) is 4.79 Å². The molecular formula is C39H62N2O6. The van der Waals surface area contributed by atoms with Crippen molar-refractivity contribution in [2.24, 2.45) is 52.3 Å². The molecule has 5 unspecified atom stereocenters. The first kappa shape index (κ1) is 35.9. The predicted octanol–water partition coefficient (Wildman–Crippen LogP) is 7.80. The lowest BCUT2D eigenvalue weighted by molar-refractivity contribution is -0.144. The minimum atomic E-state index is -1.17. The summed E-state index contributed by atoms with van der Waals surface area (Å²) in [5.41, 5.74) is 2.26. The summed E-state index contributed by atoms with van der Waals surface area (Å²) >= 11 is 0. The van der Waals surface area contributed by atoms with Crippen LogP contribution in [0.3, 0.4) is 0 Å². The van der Waals surface area contributed by atoms with Crippen molar-refractivity contribution in [3.05, 3.63) is 11.6 Å². The number of likely N-dealkylation sites (tertiary alicyclic amines) is 1. The Balaban J connectivity index is 1.03. The molecule has 0 aromatic rings. The van der Waals surface area contributed by atoms with E-state index in [1.54, 1.807) is 0 Å². The van der Waals surface area contributed by atoms with Gasteiger partial charge in [0.2, 0.25) is 5.91 Å². The van der Waals surface area contributed by atoms with Crippen molar-refractivity contribution in [1.82, 2.24) is 10.2 Å². The van der Waals surface area contributed by atoms with Crippen molar-refractivity contribution >= 4 is 23.8 Å². The van der Waals surface area contributed by atoms with Crippen LogP contribution in [-0.4, -0.2) is 59.5 Å². The number of nitrogens with zero attached hydrogens (tertiary/aromatic N) is 1. The van der Waals surface area contributed by atoms with Crippen LogP contribution in [0.25, 0.3) is 0 Å². The second-order valence-corrected chi connectivity index (χ2v) is 16.9. The van der Waals surface area contributed by atoms with E-state index in [9.17, 15) is 19.2 Å². The van der Waals surface area contributed by atoms with Crippen LogP contribution in [0.1, 0.15) is 131 Å². The van der Waals surface area contributed by atoms with Crippen LogP contribution in [-0.2, 0) is 19.1 Å². The van der Waals surface area contributed by atoms with Crippen LogP contribution in [0.2, 0.25) is 0 Å². The van der Waals surface area contributed by atoms with E-state index in [2.05, 4.69) is 46.0 Å². The number of carbonyl (C=O) groups excluding carboxylic acids is 3. The Morgan fingerprint density at radius 3 is 2.51 bits per heavy atom. The van der Waals surface area contributed by atoms with E-state index in [0.717, 1.165) is 67.6 Å².